The van der Waals surface area contributed by atoms with Crippen LogP contribution in [0.4, 0.5) is 13.2 Å². The number of nitrogens with zero attached hydrogens (tertiary/aromatic N) is 2. The number of carbonyl (C=O) groups is 1. The third-order valence-corrected chi connectivity index (χ3v) is 5.17. The Morgan fingerprint density at radius 1 is 1.11 bits per heavy atom. The molecule has 0 spiro atoms. The summed E-state index contributed by atoms with van der Waals surface area (Å²) < 4.78 is 66.1. The van der Waals surface area contributed by atoms with Crippen molar-refractivity contribution in [2.75, 3.05) is 0 Å². The van der Waals surface area contributed by atoms with Gasteiger partial charge in [-0.2, -0.15) is 13.2 Å². The number of hydrogen-bond donors (Lipinski definition) is 1. The second kappa shape index (κ2) is 7.28. The van der Waals surface area contributed by atoms with E-state index in [0.29, 0.717) is 0 Å². The standard InChI is InChI=1S/C17H11ClF3N3O3S/c18-12-6-11(17(19,20)21)7-13(8-12)24-9-15(22-10-24)16(25)23-28(26,27)14-4-2-1-3-5-14/h1-10H,(H,23,25). The predicted molar refractivity (Wildman–Crippen MR) is 94.7 cm³/mol. The van der Waals surface area contributed by atoms with Gasteiger partial charge in [0.2, 0.25) is 0 Å². The molecular weight excluding hydrogens is 419 g/mol. The van der Waals surface area contributed by atoms with E-state index in [1.165, 1.54) is 30.3 Å². The molecule has 0 saturated carbocycles. The van der Waals surface area contributed by atoms with Crippen molar-refractivity contribution in [3.63, 3.8) is 0 Å². The fourth-order valence-corrected chi connectivity index (χ4v) is 3.51. The van der Waals surface area contributed by atoms with Crippen molar-refractivity contribution in [1.82, 2.24) is 14.3 Å². The average molecular weight is 430 g/mol. The molecule has 1 heterocycles. The number of sulfonamides is 1. The molecule has 1 aromatic heterocycles. The van der Waals surface area contributed by atoms with Crippen LogP contribution in [0.3, 0.4) is 0 Å². The SMILES string of the molecule is O=C(NS(=O)(=O)c1ccccc1)c1cn(-c2cc(Cl)cc(C(F)(F)F)c2)cn1. The van der Waals surface area contributed by atoms with Gasteiger partial charge in [0.1, 0.15) is 12.0 Å². The molecule has 0 bridgehead atoms. The molecule has 6 nitrogen and oxygen atoms in total. The van der Waals surface area contributed by atoms with Gasteiger partial charge in [0.05, 0.1) is 10.5 Å². The highest BCUT2D eigenvalue weighted by atomic mass is 35.5. The van der Waals surface area contributed by atoms with Gasteiger partial charge in [0.15, 0.2) is 0 Å². The van der Waals surface area contributed by atoms with Crippen molar-refractivity contribution in [1.29, 1.82) is 0 Å². The van der Waals surface area contributed by atoms with Crippen LogP contribution in [0.15, 0.2) is 66.0 Å². The van der Waals surface area contributed by atoms with Crippen molar-refractivity contribution in [2.45, 2.75) is 11.1 Å². The lowest BCUT2D eigenvalue weighted by molar-refractivity contribution is -0.137. The van der Waals surface area contributed by atoms with E-state index in [1.54, 1.807) is 6.07 Å². The van der Waals surface area contributed by atoms with Crippen LogP contribution in [0.5, 0.6) is 0 Å². The number of nitrogens with one attached hydrogen (secondary N) is 1. The summed E-state index contributed by atoms with van der Waals surface area (Å²) in [6.45, 7) is 0. The van der Waals surface area contributed by atoms with E-state index < -0.39 is 27.7 Å². The number of benzene rings is 2. The van der Waals surface area contributed by atoms with Gasteiger partial charge in [0.25, 0.3) is 15.9 Å². The summed E-state index contributed by atoms with van der Waals surface area (Å²) in [7, 11) is -4.11. The van der Waals surface area contributed by atoms with E-state index in [-0.39, 0.29) is 21.3 Å². The third kappa shape index (κ3) is 4.34. The highest BCUT2D eigenvalue weighted by Gasteiger charge is 2.31. The van der Waals surface area contributed by atoms with Crippen molar-refractivity contribution >= 4 is 27.5 Å². The summed E-state index contributed by atoms with van der Waals surface area (Å²) >= 11 is 5.74. The number of imidazole rings is 1. The summed E-state index contributed by atoms with van der Waals surface area (Å²) in [6.07, 6.45) is -2.43. The number of carbonyl (C=O) groups excluding carboxylic acids is 1. The van der Waals surface area contributed by atoms with E-state index in [9.17, 15) is 26.4 Å². The lowest BCUT2D eigenvalue weighted by Gasteiger charge is -2.10. The molecule has 3 rings (SSSR count). The van der Waals surface area contributed by atoms with Gasteiger partial charge in [0, 0.05) is 16.9 Å². The van der Waals surface area contributed by atoms with Crippen molar-refractivity contribution in [3.05, 3.63) is 77.3 Å². The Labute approximate surface area is 162 Å². The summed E-state index contributed by atoms with van der Waals surface area (Å²) in [4.78, 5) is 15.8. The second-order valence-electron chi connectivity index (χ2n) is 5.61. The molecule has 146 valence electrons. The fraction of sp³-hybridized carbons (Fsp3) is 0.0588. The summed E-state index contributed by atoms with van der Waals surface area (Å²) in [5, 5.41) is -0.156. The Hall–Kier alpha value is -2.85. The molecule has 2 aromatic carbocycles. The zero-order valence-corrected chi connectivity index (χ0v) is 15.4. The molecule has 1 N–H and O–H groups in total. The zero-order chi connectivity index (χ0) is 20.5. The molecule has 3 aromatic rings. The van der Waals surface area contributed by atoms with Crippen LogP contribution >= 0.6 is 11.6 Å². The number of halogens is 4. The van der Waals surface area contributed by atoms with Crippen molar-refractivity contribution < 1.29 is 26.4 Å². The molecule has 0 radical (unpaired) electrons. The van der Waals surface area contributed by atoms with Gasteiger partial charge in [-0.15, -0.1) is 0 Å². The minimum absolute atomic E-state index is 0.0114. The first-order valence-corrected chi connectivity index (χ1v) is 9.47. The van der Waals surface area contributed by atoms with Crippen LogP contribution in [0.2, 0.25) is 5.02 Å². The Bertz CT molecular complexity index is 1130. The highest BCUT2D eigenvalue weighted by molar-refractivity contribution is 7.90. The third-order valence-electron chi connectivity index (χ3n) is 3.60. The molecule has 1 amide bonds. The normalized spacial score (nSPS) is 12.0. The van der Waals surface area contributed by atoms with Crippen molar-refractivity contribution in [2.24, 2.45) is 0 Å². The van der Waals surface area contributed by atoms with Gasteiger partial charge in [-0.1, -0.05) is 29.8 Å². The molecule has 0 atom stereocenters. The maximum atomic E-state index is 12.9. The maximum absolute atomic E-state index is 12.9. The Balaban J connectivity index is 1.87. The molecule has 0 fully saturated rings. The second-order valence-corrected chi connectivity index (χ2v) is 7.73. The Kier molecular flexibility index (Phi) is 5.18. The minimum atomic E-state index is -4.61. The van der Waals surface area contributed by atoms with Gasteiger partial charge in [-0.25, -0.2) is 18.1 Å². The van der Waals surface area contributed by atoms with Crippen LogP contribution in [-0.2, 0) is 16.2 Å². The van der Waals surface area contributed by atoms with Gasteiger partial charge < -0.3 is 4.57 Å². The monoisotopic (exact) mass is 429 g/mol. The van der Waals surface area contributed by atoms with Crippen molar-refractivity contribution in [3.8, 4) is 5.69 Å². The quantitative estimate of drug-likeness (QED) is 0.686. The molecule has 0 saturated heterocycles. The van der Waals surface area contributed by atoms with Gasteiger partial charge >= 0.3 is 6.18 Å². The lowest BCUT2D eigenvalue weighted by Crippen LogP contribution is -2.30. The molecule has 28 heavy (non-hydrogen) atoms. The molecule has 0 aliphatic carbocycles. The molecular formula is C17H11ClF3N3O3S. The lowest BCUT2D eigenvalue weighted by atomic mass is 10.2. The number of rotatable bonds is 4. The van der Waals surface area contributed by atoms with E-state index in [1.807, 2.05) is 4.72 Å². The largest absolute Gasteiger partial charge is 0.416 e. The zero-order valence-electron chi connectivity index (χ0n) is 13.8. The van der Waals surface area contributed by atoms with Crippen LogP contribution in [0, 0.1) is 0 Å². The van der Waals surface area contributed by atoms with E-state index in [4.69, 9.17) is 11.6 Å². The summed E-state index contributed by atoms with van der Waals surface area (Å²) in [5.41, 5.74) is -1.26. The van der Waals surface area contributed by atoms with Gasteiger partial charge in [-0.05, 0) is 30.3 Å². The number of amides is 1. The number of alkyl halides is 3. The molecule has 11 heteroatoms. The summed E-state index contributed by atoms with van der Waals surface area (Å²) in [6, 6.07) is 10.1. The summed E-state index contributed by atoms with van der Waals surface area (Å²) in [5.74, 6) is -1.03. The number of hydrogen-bond acceptors (Lipinski definition) is 4. The van der Waals surface area contributed by atoms with E-state index >= 15 is 0 Å². The fourth-order valence-electron chi connectivity index (χ4n) is 2.30. The molecule has 0 unspecified atom stereocenters. The highest BCUT2D eigenvalue weighted by Crippen LogP contribution is 2.32. The van der Waals surface area contributed by atoms with Crippen LogP contribution in [0.25, 0.3) is 5.69 Å². The average Bonchev–Trinajstić information content (AvgIpc) is 3.11. The minimum Gasteiger partial charge on any atom is -0.305 e. The molecule has 0 aliphatic rings. The van der Waals surface area contributed by atoms with Crippen LogP contribution in [0.1, 0.15) is 16.1 Å². The van der Waals surface area contributed by atoms with Gasteiger partial charge in [-0.3, -0.25) is 4.79 Å². The van der Waals surface area contributed by atoms with E-state index in [2.05, 4.69) is 4.98 Å². The van der Waals surface area contributed by atoms with Crippen LogP contribution < -0.4 is 4.72 Å². The number of aromatic nitrogens is 2. The predicted octanol–water partition coefficient (Wildman–Crippen LogP) is 3.66. The van der Waals surface area contributed by atoms with Crippen LogP contribution in [-0.4, -0.2) is 23.9 Å². The smallest absolute Gasteiger partial charge is 0.305 e. The van der Waals surface area contributed by atoms with E-state index in [0.717, 1.165) is 29.2 Å². The first-order chi connectivity index (χ1) is 13.1. The molecule has 0 aliphatic heterocycles. The first-order valence-electron chi connectivity index (χ1n) is 7.60. The maximum Gasteiger partial charge on any atom is 0.416 e. The first kappa shape index (κ1) is 19.9. The Morgan fingerprint density at radius 3 is 2.43 bits per heavy atom. The Morgan fingerprint density at radius 2 is 1.79 bits per heavy atom. The topological polar surface area (TPSA) is 81.1 Å².